The number of carboxylic acid groups (broad SMARTS) is 1. The Bertz CT molecular complexity index is 677. The fourth-order valence-electron chi connectivity index (χ4n) is 2.89. The number of carbonyl (C=O) groups is 5. The molecule has 0 rings (SSSR count). The third-order valence-corrected chi connectivity index (χ3v) is 5.45. The number of carboxylic acids is 1. The fourth-order valence-corrected chi connectivity index (χ4v) is 3.36. The number of hydrogen-bond acceptors (Lipinski definition) is 8. The van der Waals surface area contributed by atoms with Crippen molar-refractivity contribution in [1.82, 2.24) is 16.0 Å². The highest BCUT2D eigenvalue weighted by atomic mass is 32.2. The first-order valence-corrected chi connectivity index (χ1v) is 12.2. The van der Waals surface area contributed by atoms with Gasteiger partial charge in [-0.2, -0.15) is 11.8 Å². The van der Waals surface area contributed by atoms with E-state index in [1.54, 1.807) is 13.8 Å². The van der Waals surface area contributed by atoms with Crippen LogP contribution in [0.25, 0.3) is 0 Å². The van der Waals surface area contributed by atoms with Crippen LogP contribution in [0.4, 0.5) is 0 Å². The Balaban J connectivity index is 5.39. The van der Waals surface area contributed by atoms with Crippen molar-refractivity contribution in [1.29, 1.82) is 0 Å². The lowest BCUT2D eigenvalue weighted by Crippen LogP contribution is -2.58. The van der Waals surface area contributed by atoms with E-state index in [0.29, 0.717) is 25.1 Å². The van der Waals surface area contributed by atoms with Gasteiger partial charge in [0.2, 0.25) is 23.6 Å². The Morgan fingerprint density at radius 3 is 2.00 bits per heavy atom. The molecule has 10 N–H and O–H groups in total. The summed E-state index contributed by atoms with van der Waals surface area (Å²) in [6.07, 6.45) is 3.04. The smallest absolute Gasteiger partial charge is 0.326 e. The molecule has 0 aliphatic rings. The molecular formula is C20H38N6O6S. The van der Waals surface area contributed by atoms with Gasteiger partial charge in [0.25, 0.3) is 0 Å². The maximum atomic E-state index is 12.9. The lowest BCUT2D eigenvalue weighted by molar-refractivity contribution is -0.142. The number of thioether (sulfide) groups is 1. The Morgan fingerprint density at radius 1 is 0.909 bits per heavy atom. The van der Waals surface area contributed by atoms with Gasteiger partial charge in [-0.15, -0.1) is 0 Å². The minimum atomic E-state index is -1.22. The van der Waals surface area contributed by atoms with Gasteiger partial charge in [0, 0.05) is 0 Å². The Morgan fingerprint density at radius 2 is 1.52 bits per heavy atom. The van der Waals surface area contributed by atoms with Crippen molar-refractivity contribution >= 4 is 41.4 Å². The maximum Gasteiger partial charge on any atom is 0.326 e. The third-order valence-electron chi connectivity index (χ3n) is 4.81. The van der Waals surface area contributed by atoms with Crippen LogP contribution in [-0.4, -0.2) is 77.4 Å². The summed E-state index contributed by atoms with van der Waals surface area (Å²) >= 11 is 1.45. The second kappa shape index (κ2) is 16.3. The first-order valence-electron chi connectivity index (χ1n) is 10.8. The molecule has 13 heteroatoms. The van der Waals surface area contributed by atoms with E-state index in [9.17, 15) is 29.1 Å². The molecule has 12 nitrogen and oxygen atoms in total. The quantitative estimate of drug-likeness (QED) is 0.115. The molecule has 4 atom stereocenters. The number of unbranched alkanes of at least 4 members (excludes halogenated alkanes) is 1. The van der Waals surface area contributed by atoms with Crippen LogP contribution in [0.15, 0.2) is 0 Å². The first-order chi connectivity index (χ1) is 15.4. The van der Waals surface area contributed by atoms with Gasteiger partial charge < -0.3 is 38.3 Å². The van der Waals surface area contributed by atoms with E-state index in [1.165, 1.54) is 11.8 Å². The van der Waals surface area contributed by atoms with Crippen LogP contribution in [0.1, 0.15) is 46.0 Å². The van der Waals surface area contributed by atoms with E-state index in [0.717, 1.165) is 0 Å². The predicted molar refractivity (Wildman–Crippen MR) is 126 cm³/mol. The molecule has 0 aromatic rings. The first kappa shape index (κ1) is 30.6. The van der Waals surface area contributed by atoms with Crippen LogP contribution in [0.5, 0.6) is 0 Å². The largest absolute Gasteiger partial charge is 0.480 e. The number of amides is 4. The summed E-state index contributed by atoms with van der Waals surface area (Å²) in [5.74, 6) is -3.73. The molecule has 0 fully saturated rings. The zero-order valence-electron chi connectivity index (χ0n) is 19.5. The molecule has 0 saturated heterocycles. The Labute approximate surface area is 198 Å². The van der Waals surface area contributed by atoms with Gasteiger partial charge in [-0.1, -0.05) is 13.8 Å². The molecule has 0 aromatic heterocycles. The molecule has 4 amide bonds. The molecule has 0 aliphatic heterocycles. The standard InChI is InChI=1S/C20H38N6O6S/c1-11(2)16(19(30)25-14(20(31)32)7-9-33-3)26-18(29)13(6-4-5-8-21)24-17(28)12(22)10-15(23)27/h11-14,16H,4-10,21-22H2,1-3H3,(H2,23,27)(H,24,28)(H,25,30)(H,26,29)(H,31,32). The van der Waals surface area contributed by atoms with Crippen molar-refractivity contribution in [3.63, 3.8) is 0 Å². The highest BCUT2D eigenvalue weighted by Crippen LogP contribution is 2.08. The van der Waals surface area contributed by atoms with E-state index in [1.807, 2.05) is 6.26 Å². The molecule has 0 aliphatic carbocycles. The van der Waals surface area contributed by atoms with Gasteiger partial charge in [-0.25, -0.2) is 4.79 Å². The van der Waals surface area contributed by atoms with E-state index >= 15 is 0 Å². The van der Waals surface area contributed by atoms with Gasteiger partial charge >= 0.3 is 5.97 Å². The summed E-state index contributed by atoms with van der Waals surface area (Å²) < 4.78 is 0. The van der Waals surface area contributed by atoms with E-state index in [-0.39, 0.29) is 25.2 Å². The summed E-state index contributed by atoms with van der Waals surface area (Å²) in [7, 11) is 0. The average Bonchev–Trinajstić information content (AvgIpc) is 2.72. The van der Waals surface area contributed by atoms with Crippen LogP contribution in [0.2, 0.25) is 0 Å². The second-order valence-corrected chi connectivity index (χ2v) is 9.02. The van der Waals surface area contributed by atoms with Gasteiger partial charge in [0.15, 0.2) is 0 Å². The minimum absolute atomic E-state index is 0.232. The number of aliphatic carboxylic acids is 1. The molecule has 0 bridgehead atoms. The highest BCUT2D eigenvalue weighted by molar-refractivity contribution is 7.98. The van der Waals surface area contributed by atoms with Gasteiger partial charge in [-0.05, 0) is 50.2 Å². The Kier molecular flexibility index (Phi) is 15.1. The molecule has 0 saturated carbocycles. The van der Waals surface area contributed by atoms with Crippen molar-refractivity contribution in [3.8, 4) is 0 Å². The number of hydrogen-bond donors (Lipinski definition) is 7. The lowest BCUT2D eigenvalue weighted by Gasteiger charge is -2.27. The van der Waals surface area contributed by atoms with Gasteiger partial charge in [-0.3, -0.25) is 19.2 Å². The minimum Gasteiger partial charge on any atom is -0.480 e. The summed E-state index contributed by atoms with van der Waals surface area (Å²) in [5.41, 5.74) is 16.2. The zero-order chi connectivity index (χ0) is 25.6. The SMILES string of the molecule is CSCCC(NC(=O)C(NC(=O)C(CCCCN)NC(=O)C(N)CC(N)=O)C(C)C)C(=O)O. The maximum absolute atomic E-state index is 12.9. The second-order valence-electron chi connectivity index (χ2n) is 8.03. The van der Waals surface area contributed by atoms with E-state index in [2.05, 4.69) is 16.0 Å². The van der Waals surface area contributed by atoms with Crippen LogP contribution in [0.3, 0.4) is 0 Å². The third kappa shape index (κ3) is 12.4. The van der Waals surface area contributed by atoms with E-state index in [4.69, 9.17) is 17.2 Å². The van der Waals surface area contributed by atoms with E-state index < -0.39 is 53.8 Å². The van der Waals surface area contributed by atoms with Crippen molar-refractivity contribution in [2.24, 2.45) is 23.1 Å². The summed E-state index contributed by atoms with van der Waals surface area (Å²) in [5, 5.41) is 16.9. The molecule has 190 valence electrons. The number of rotatable bonds is 17. The van der Waals surface area contributed by atoms with Crippen LogP contribution in [0, 0.1) is 5.92 Å². The van der Waals surface area contributed by atoms with Gasteiger partial charge in [0.1, 0.15) is 18.1 Å². The summed E-state index contributed by atoms with van der Waals surface area (Å²) in [6.45, 7) is 3.80. The van der Waals surface area contributed by atoms with Crippen LogP contribution < -0.4 is 33.2 Å². The number of primary amides is 1. The van der Waals surface area contributed by atoms with Crippen LogP contribution in [-0.2, 0) is 24.0 Å². The monoisotopic (exact) mass is 490 g/mol. The molecular weight excluding hydrogens is 452 g/mol. The Hall–Kier alpha value is -2.38. The van der Waals surface area contributed by atoms with Crippen molar-refractivity contribution in [2.75, 3.05) is 18.6 Å². The topological polar surface area (TPSA) is 220 Å². The average molecular weight is 491 g/mol. The number of nitrogens with one attached hydrogen (secondary N) is 3. The normalized spacial score (nSPS) is 14.6. The number of carbonyl (C=O) groups excluding carboxylic acids is 4. The molecule has 4 unspecified atom stereocenters. The van der Waals surface area contributed by atoms with Gasteiger partial charge in [0.05, 0.1) is 12.5 Å². The molecule has 0 heterocycles. The highest BCUT2D eigenvalue weighted by Gasteiger charge is 2.31. The molecule has 33 heavy (non-hydrogen) atoms. The van der Waals surface area contributed by atoms with Crippen molar-refractivity contribution in [3.05, 3.63) is 0 Å². The van der Waals surface area contributed by atoms with Crippen molar-refractivity contribution < 1.29 is 29.1 Å². The lowest BCUT2D eigenvalue weighted by atomic mass is 10.0. The fraction of sp³-hybridized carbons (Fsp3) is 0.750. The summed E-state index contributed by atoms with van der Waals surface area (Å²) in [6, 6.07) is -4.36. The number of nitrogens with two attached hydrogens (primary N) is 3. The van der Waals surface area contributed by atoms with Crippen molar-refractivity contribution in [2.45, 2.75) is 70.1 Å². The predicted octanol–water partition coefficient (Wildman–Crippen LogP) is -1.73. The molecule has 0 aromatic carbocycles. The zero-order valence-corrected chi connectivity index (χ0v) is 20.3. The molecule has 0 spiro atoms. The van der Waals surface area contributed by atoms with Crippen LogP contribution >= 0.6 is 11.8 Å². The summed E-state index contributed by atoms with van der Waals surface area (Å²) in [4.78, 5) is 60.5. The molecule has 0 radical (unpaired) electrons.